The summed E-state index contributed by atoms with van der Waals surface area (Å²) in [6, 6.07) is 0. The fourth-order valence-electron chi connectivity index (χ4n) is 7.82. The highest BCUT2D eigenvalue weighted by atomic mass is 16.6. The molecule has 71 heavy (non-hydrogen) atoms. The summed E-state index contributed by atoms with van der Waals surface area (Å²) in [5.74, 6) is -0.983. The lowest BCUT2D eigenvalue weighted by Crippen LogP contribution is -2.30. The number of unbranched alkanes of at least 4 members (excludes halogenated alkanes) is 23. The van der Waals surface area contributed by atoms with E-state index >= 15 is 0 Å². The van der Waals surface area contributed by atoms with E-state index in [9.17, 15) is 14.4 Å². The summed E-state index contributed by atoms with van der Waals surface area (Å²) in [5, 5.41) is 0. The van der Waals surface area contributed by atoms with Crippen molar-refractivity contribution in [3.8, 4) is 0 Å². The maximum absolute atomic E-state index is 12.9. The summed E-state index contributed by atoms with van der Waals surface area (Å²) < 4.78 is 16.8. The van der Waals surface area contributed by atoms with Gasteiger partial charge < -0.3 is 14.2 Å². The quantitative estimate of drug-likeness (QED) is 0.0261. The van der Waals surface area contributed by atoms with E-state index in [1.165, 1.54) is 116 Å². The molecule has 0 bridgehead atoms. The summed E-state index contributed by atoms with van der Waals surface area (Å²) in [5.41, 5.74) is 0. The Morgan fingerprint density at radius 2 is 0.549 bits per heavy atom. The van der Waals surface area contributed by atoms with Crippen LogP contribution in [0.4, 0.5) is 0 Å². The predicted octanol–water partition coefficient (Wildman–Crippen LogP) is 19.9. The van der Waals surface area contributed by atoms with E-state index in [1.54, 1.807) is 0 Å². The van der Waals surface area contributed by atoms with Crippen LogP contribution in [0.25, 0.3) is 0 Å². The lowest BCUT2D eigenvalue weighted by molar-refractivity contribution is -0.167. The molecule has 0 fully saturated rings. The molecule has 0 saturated heterocycles. The third kappa shape index (κ3) is 56.9. The average Bonchev–Trinajstić information content (AvgIpc) is 3.37. The van der Waals surface area contributed by atoms with Crippen LogP contribution in [0.3, 0.4) is 0 Å². The smallest absolute Gasteiger partial charge is 0.306 e. The highest BCUT2D eigenvalue weighted by Gasteiger charge is 2.19. The SMILES string of the molecule is CC/C=C\C/C=C\C/C=C\C/C=C\CCCCC(=O)OC[C@H](COC(=O)CCCCC/C=C\C/C=C\C/C=C\C/C=C\CCCCC)OC(=O)CCCCCCCCC/C=C\CCCCCCCCCC. The second-order valence-electron chi connectivity index (χ2n) is 19.2. The second-order valence-corrected chi connectivity index (χ2v) is 19.2. The number of esters is 3. The molecule has 0 N–H and O–H groups in total. The van der Waals surface area contributed by atoms with Gasteiger partial charge in [-0.25, -0.2) is 0 Å². The first kappa shape index (κ1) is 67.1. The molecule has 0 radical (unpaired) electrons. The Morgan fingerprint density at radius 1 is 0.296 bits per heavy atom. The zero-order chi connectivity index (χ0) is 51.4. The van der Waals surface area contributed by atoms with Gasteiger partial charge in [0.15, 0.2) is 6.10 Å². The standard InChI is InChI=1S/C65H108O6/c1-4-7-10-13-16-19-22-25-28-30-32-34-37-40-43-46-49-52-55-58-64(67)70-61-62(60-69-63(66)57-54-51-48-45-42-39-36-27-24-21-18-15-12-9-6-3)71-65(68)59-56-53-50-47-44-41-38-35-33-31-29-26-23-20-17-14-11-8-5-2/h9,12,16,18-19,21,25,27-28,31-34,36,40,42-43,45,62H,4-8,10-11,13-15,17,20,22-24,26,29-30,35,37-39,41,44,46-61H2,1-3H3/b12-9-,19-16-,21-18-,28-25-,33-31-,34-32-,36-27-,43-40-,45-42-/t62-/m1/s1. The van der Waals surface area contributed by atoms with Crippen LogP contribution in [-0.4, -0.2) is 37.2 Å². The Kier molecular flexibility index (Phi) is 55.4. The van der Waals surface area contributed by atoms with Crippen LogP contribution in [0.5, 0.6) is 0 Å². The lowest BCUT2D eigenvalue weighted by Gasteiger charge is -2.18. The predicted molar refractivity (Wildman–Crippen MR) is 307 cm³/mol. The highest BCUT2D eigenvalue weighted by molar-refractivity contribution is 5.71. The van der Waals surface area contributed by atoms with Crippen LogP contribution in [0.15, 0.2) is 109 Å². The molecule has 0 unspecified atom stereocenters. The fourth-order valence-corrected chi connectivity index (χ4v) is 7.82. The molecule has 1 atom stereocenters. The summed E-state index contributed by atoms with van der Waals surface area (Å²) in [6.45, 7) is 6.44. The largest absolute Gasteiger partial charge is 0.462 e. The Bertz CT molecular complexity index is 1460. The van der Waals surface area contributed by atoms with Gasteiger partial charge in [-0.1, -0.05) is 226 Å². The molecule has 6 heteroatoms. The Morgan fingerprint density at radius 3 is 0.944 bits per heavy atom. The van der Waals surface area contributed by atoms with Crippen molar-refractivity contribution in [2.75, 3.05) is 13.2 Å². The molecule has 0 rings (SSSR count). The summed E-state index contributed by atoms with van der Waals surface area (Å²) in [6.07, 6.45) is 79.4. The second kappa shape index (κ2) is 58.6. The molecule has 0 saturated carbocycles. The first-order valence-electron chi connectivity index (χ1n) is 29.4. The molecule has 0 aliphatic heterocycles. The van der Waals surface area contributed by atoms with Crippen molar-refractivity contribution < 1.29 is 28.6 Å². The van der Waals surface area contributed by atoms with Crippen molar-refractivity contribution in [3.63, 3.8) is 0 Å². The van der Waals surface area contributed by atoms with Crippen molar-refractivity contribution in [1.29, 1.82) is 0 Å². The van der Waals surface area contributed by atoms with Gasteiger partial charge in [-0.2, -0.15) is 0 Å². The number of rotatable bonds is 52. The lowest BCUT2D eigenvalue weighted by atomic mass is 10.1. The summed E-state index contributed by atoms with van der Waals surface area (Å²) >= 11 is 0. The summed E-state index contributed by atoms with van der Waals surface area (Å²) in [4.78, 5) is 38.2. The van der Waals surface area contributed by atoms with Gasteiger partial charge >= 0.3 is 17.9 Å². The third-order valence-electron chi connectivity index (χ3n) is 12.2. The molecule has 0 aromatic heterocycles. The van der Waals surface area contributed by atoms with Crippen LogP contribution >= 0.6 is 0 Å². The number of hydrogen-bond donors (Lipinski definition) is 0. The van der Waals surface area contributed by atoms with Gasteiger partial charge in [-0.05, 0) is 128 Å². The van der Waals surface area contributed by atoms with Crippen LogP contribution in [-0.2, 0) is 28.6 Å². The molecule has 6 nitrogen and oxygen atoms in total. The fraction of sp³-hybridized carbons (Fsp3) is 0.677. The first-order chi connectivity index (χ1) is 35.0. The Balaban J connectivity index is 4.51. The number of allylic oxidation sites excluding steroid dienone is 18. The number of ether oxygens (including phenoxy) is 3. The minimum absolute atomic E-state index is 0.111. The van der Waals surface area contributed by atoms with E-state index in [2.05, 4.69) is 130 Å². The van der Waals surface area contributed by atoms with Crippen LogP contribution in [0, 0.1) is 0 Å². The van der Waals surface area contributed by atoms with Gasteiger partial charge in [-0.3, -0.25) is 14.4 Å². The monoisotopic (exact) mass is 985 g/mol. The Labute approximate surface area is 438 Å². The highest BCUT2D eigenvalue weighted by Crippen LogP contribution is 2.14. The minimum Gasteiger partial charge on any atom is -0.462 e. The molecule has 0 spiro atoms. The zero-order valence-corrected chi connectivity index (χ0v) is 46.2. The molecule has 0 amide bonds. The number of hydrogen-bond acceptors (Lipinski definition) is 6. The normalized spacial score (nSPS) is 12.9. The maximum atomic E-state index is 12.9. The van der Waals surface area contributed by atoms with Gasteiger partial charge in [0, 0.05) is 19.3 Å². The van der Waals surface area contributed by atoms with E-state index in [1.807, 2.05) is 0 Å². The molecule has 0 aromatic carbocycles. The average molecular weight is 986 g/mol. The first-order valence-corrected chi connectivity index (χ1v) is 29.4. The van der Waals surface area contributed by atoms with Crippen LogP contribution in [0.1, 0.15) is 265 Å². The molecule has 0 aromatic rings. The topological polar surface area (TPSA) is 78.9 Å². The van der Waals surface area contributed by atoms with Crippen molar-refractivity contribution in [2.45, 2.75) is 271 Å². The minimum atomic E-state index is -0.813. The summed E-state index contributed by atoms with van der Waals surface area (Å²) in [7, 11) is 0. The van der Waals surface area contributed by atoms with E-state index in [4.69, 9.17) is 14.2 Å². The van der Waals surface area contributed by atoms with Crippen molar-refractivity contribution in [2.24, 2.45) is 0 Å². The maximum Gasteiger partial charge on any atom is 0.306 e. The number of carbonyl (C=O) groups excluding carboxylic acids is 3. The molecule has 0 aliphatic rings. The van der Waals surface area contributed by atoms with Gasteiger partial charge in [0.25, 0.3) is 0 Å². The van der Waals surface area contributed by atoms with Gasteiger partial charge in [0.2, 0.25) is 0 Å². The van der Waals surface area contributed by atoms with Crippen molar-refractivity contribution >= 4 is 17.9 Å². The van der Waals surface area contributed by atoms with Crippen molar-refractivity contribution in [3.05, 3.63) is 109 Å². The number of carbonyl (C=O) groups is 3. The van der Waals surface area contributed by atoms with Crippen molar-refractivity contribution in [1.82, 2.24) is 0 Å². The molecule has 0 heterocycles. The zero-order valence-electron chi connectivity index (χ0n) is 46.2. The van der Waals surface area contributed by atoms with Gasteiger partial charge in [0.1, 0.15) is 13.2 Å². The van der Waals surface area contributed by atoms with Gasteiger partial charge in [-0.15, -0.1) is 0 Å². The van der Waals surface area contributed by atoms with E-state index in [0.717, 1.165) is 103 Å². The van der Waals surface area contributed by atoms with E-state index in [0.29, 0.717) is 25.7 Å². The van der Waals surface area contributed by atoms with Crippen LogP contribution in [0.2, 0.25) is 0 Å². The molecular formula is C65H108O6. The van der Waals surface area contributed by atoms with Gasteiger partial charge in [0.05, 0.1) is 0 Å². The van der Waals surface area contributed by atoms with E-state index < -0.39 is 6.10 Å². The molecule has 404 valence electrons. The van der Waals surface area contributed by atoms with E-state index in [-0.39, 0.29) is 31.1 Å². The molecule has 0 aliphatic carbocycles. The molecular weight excluding hydrogens is 877 g/mol. The van der Waals surface area contributed by atoms with Crippen LogP contribution < -0.4 is 0 Å². The Hall–Kier alpha value is -3.93. The third-order valence-corrected chi connectivity index (χ3v) is 12.2.